The molecule has 0 saturated heterocycles. The van der Waals surface area contributed by atoms with Crippen LogP contribution in [-0.2, 0) is 6.54 Å². The van der Waals surface area contributed by atoms with E-state index in [1.807, 2.05) is 0 Å². The van der Waals surface area contributed by atoms with E-state index in [0.29, 0.717) is 0 Å². The van der Waals surface area contributed by atoms with Crippen molar-refractivity contribution in [3.63, 3.8) is 0 Å². The van der Waals surface area contributed by atoms with Gasteiger partial charge >= 0.3 is 0 Å². The van der Waals surface area contributed by atoms with Crippen LogP contribution in [-0.4, -0.2) is 11.1 Å². The van der Waals surface area contributed by atoms with E-state index in [2.05, 4.69) is 30.5 Å². The topological polar surface area (TPSA) is 30.9 Å². The first-order valence-corrected chi connectivity index (χ1v) is 4.58. The average Bonchev–Trinajstić information content (AvgIpc) is 2.35. The van der Waals surface area contributed by atoms with E-state index in [1.54, 1.807) is 0 Å². The van der Waals surface area contributed by atoms with Gasteiger partial charge in [-0.2, -0.15) is 0 Å². The predicted molar refractivity (Wildman–Crippen MR) is 52.2 cm³/mol. The highest BCUT2D eigenvalue weighted by Gasteiger charge is 1.98. The molecule has 0 amide bonds. The third-order valence-electron chi connectivity index (χ3n) is 2.25. The largest absolute Gasteiger partial charge is 0.349 e. The van der Waals surface area contributed by atoms with Crippen LogP contribution in [0.5, 0.6) is 0 Å². The molecule has 68 valence electrons. The van der Waals surface area contributed by atoms with Gasteiger partial charge in [-0.1, -0.05) is 0 Å². The van der Waals surface area contributed by atoms with Gasteiger partial charge in [0.1, 0.15) is 0 Å². The first-order chi connectivity index (χ1) is 5.75. The molecule has 0 saturated carbocycles. The average molecular weight is 166 g/mol. The molecule has 0 bridgehead atoms. The summed E-state index contributed by atoms with van der Waals surface area (Å²) in [4.78, 5) is 0. The predicted octanol–water partition coefficient (Wildman–Crippen LogP) is 1.84. The molecular weight excluding hydrogens is 148 g/mol. The summed E-state index contributed by atoms with van der Waals surface area (Å²) < 4.78 is 2.34. The Kier molecular flexibility index (Phi) is 3.35. The second kappa shape index (κ2) is 4.31. The number of unbranched alkanes of at least 4 members (excludes halogenated alkanes) is 1. The van der Waals surface area contributed by atoms with Gasteiger partial charge in [-0.05, 0) is 45.4 Å². The van der Waals surface area contributed by atoms with Crippen molar-refractivity contribution in [2.24, 2.45) is 5.73 Å². The third-order valence-corrected chi connectivity index (χ3v) is 2.25. The molecule has 1 rings (SSSR count). The lowest BCUT2D eigenvalue weighted by molar-refractivity contribution is 0.595. The van der Waals surface area contributed by atoms with Crippen molar-refractivity contribution >= 4 is 0 Å². The number of hydrogen-bond acceptors (Lipinski definition) is 1. The van der Waals surface area contributed by atoms with Crippen molar-refractivity contribution in [1.82, 2.24) is 4.57 Å². The lowest BCUT2D eigenvalue weighted by atomic mass is 10.3. The first kappa shape index (κ1) is 9.33. The molecule has 0 unspecified atom stereocenters. The zero-order valence-corrected chi connectivity index (χ0v) is 8.01. The van der Waals surface area contributed by atoms with Gasteiger partial charge in [0.25, 0.3) is 0 Å². The van der Waals surface area contributed by atoms with Gasteiger partial charge in [-0.25, -0.2) is 0 Å². The molecule has 0 aliphatic heterocycles. The summed E-state index contributed by atoms with van der Waals surface area (Å²) in [5.74, 6) is 0. The molecule has 0 aromatic carbocycles. The maximum atomic E-state index is 5.43. The quantitative estimate of drug-likeness (QED) is 0.680. The molecule has 1 aromatic heterocycles. The number of aryl methyl sites for hydroxylation is 2. The Morgan fingerprint density at radius 2 is 1.75 bits per heavy atom. The van der Waals surface area contributed by atoms with E-state index >= 15 is 0 Å². The maximum Gasteiger partial charge on any atom is 0.0225 e. The second-order valence-electron chi connectivity index (χ2n) is 3.26. The van der Waals surface area contributed by atoms with Crippen LogP contribution in [0.15, 0.2) is 12.1 Å². The van der Waals surface area contributed by atoms with Crippen LogP contribution in [0, 0.1) is 13.8 Å². The minimum atomic E-state index is 0.805. The SMILES string of the molecule is Cc1ccc(C)n1CCCCN. The summed E-state index contributed by atoms with van der Waals surface area (Å²) >= 11 is 0. The molecular formula is C10H18N2. The summed E-state index contributed by atoms with van der Waals surface area (Å²) in [5, 5.41) is 0. The molecule has 12 heavy (non-hydrogen) atoms. The molecule has 0 radical (unpaired) electrons. The number of hydrogen-bond donors (Lipinski definition) is 1. The van der Waals surface area contributed by atoms with Crippen molar-refractivity contribution in [3.05, 3.63) is 23.5 Å². The lowest BCUT2D eigenvalue weighted by Gasteiger charge is -2.07. The van der Waals surface area contributed by atoms with Crippen molar-refractivity contribution in [1.29, 1.82) is 0 Å². The highest BCUT2D eigenvalue weighted by atomic mass is 15.0. The van der Waals surface area contributed by atoms with E-state index < -0.39 is 0 Å². The van der Waals surface area contributed by atoms with Gasteiger partial charge in [0, 0.05) is 17.9 Å². The summed E-state index contributed by atoms with van der Waals surface area (Å²) in [5.41, 5.74) is 8.14. The standard InChI is InChI=1S/C10H18N2/c1-9-5-6-10(2)12(9)8-4-3-7-11/h5-6H,3-4,7-8,11H2,1-2H3. The molecule has 0 aliphatic rings. The van der Waals surface area contributed by atoms with Crippen LogP contribution >= 0.6 is 0 Å². The van der Waals surface area contributed by atoms with Gasteiger partial charge in [-0.15, -0.1) is 0 Å². The molecule has 1 aromatic rings. The van der Waals surface area contributed by atoms with E-state index in [9.17, 15) is 0 Å². The minimum Gasteiger partial charge on any atom is -0.349 e. The molecule has 0 fully saturated rings. The van der Waals surface area contributed by atoms with Crippen molar-refractivity contribution in [3.8, 4) is 0 Å². The fourth-order valence-corrected chi connectivity index (χ4v) is 1.47. The van der Waals surface area contributed by atoms with Crippen LogP contribution < -0.4 is 5.73 Å². The fraction of sp³-hybridized carbons (Fsp3) is 0.600. The molecule has 1 heterocycles. The number of nitrogens with two attached hydrogens (primary N) is 1. The van der Waals surface area contributed by atoms with E-state index in [0.717, 1.165) is 19.5 Å². The van der Waals surface area contributed by atoms with Crippen LogP contribution in [0.2, 0.25) is 0 Å². The monoisotopic (exact) mass is 166 g/mol. The van der Waals surface area contributed by atoms with Gasteiger partial charge < -0.3 is 10.3 Å². The van der Waals surface area contributed by atoms with E-state index in [4.69, 9.17) is 5.73 Å². The Morgan fingerprint density at radius 3 is 2.25 bits per heavy atom. The Morgan fingerprint density at radius 1 is 1.17 bits per heavy atom. The molecule has 2 N–H and O–H groups in total. The van der Waals surface area contributed by atoms with Crippen LogP contribution in [0.3, 0.4) is 0 Å². The Balaban J connectivity index is 2.50. The van der Waals surface area contributed by atoms with Crippen LogP contribution in [0.4, 0.5) is 0 Å². The normalized spacial score (nSPS) is 10.6. The first-order valence-electron chi connectivity index (χ1n) is 4.58. The van der Waals surface area contributed by atoms with E-state index in [-0.39, 0.29) is 0 Å². The molecule has 2 nitrogen and oxygen atoms in total. The maximum absolute atomic E-state index is 5.43. The van der Waals surface area contributed by atoms with Crippen molar-refractivity contribution < 1.29 is 0 Å². The van der Waals surface area contributed by atoms with Crippen molar-refractivity contribution in [2.45, 2.75) is 33.2 Å². The smallest absolute Gasteiger partial charge is 0.0225 e. The number of rotatable bonds is 4. The van der Waals surface area contributed by atoms with Gasteiger partial charge in [0.2, 0.25) is 0 Å². The highest BCUT2D eigenvalue weighted by molar-refractivity contribution is 5.13. The summed E-state index contributed by atoms with van der Waals surface area (Å²) in [7, 11) is 0. The highest BCUT2D eigenvalue weighted by Crippen LogP contribution is 2.08. The summed E-state index contributed by atoms with van der Waals surface area (Å²) in [6.07, 6.45) is 2.31. The zero-order valence-electron chi connectivity index (χ0n) is 8.01. The molecule has 0 atom stereocenters. The van der Waals surface area contributed by atoms with Crippen LogP contribution in [0.25, 0.3) is 0 Å². The molecule has 0 spiro atoms. The fourth-order valence-electron chi connectivity index (χ4n) is 1.47. The summed E-state index contributed by atoms with van der Waals surface area (Å²) in [6, 6.07) is 4.33. The number of nitrogens with zero attached hydrogens (tertiary/aromatic N) is 1. The van der Waals surface area contributed by atoms with Gasteiger partial charge in [0.15, 0.2) is 0 Å². The molecule has 2 heteroatoms. The minimum absolute atomic E-state index is 0.805. The third kappa shape index (κ3) is 2.11. The second-order valence-corrected chi connectivity index (χ2v) is 3.26. The van der Waals surface area contributed by atoms with E-state index in [1.165, 1.54) is 17.8 Å². The Labute approximate surface area is 74.4 Å². The summed E-state index contributed by atoms with van der Waals surface area (Å²) in [6.45, 7) is 6.21. The van der Waals surface area contributed by atoms with Gasteiger partial charge in [0.05, 0.1) is 0 Å². The van der Waals surface area contributed by atoms with Crippen LogP contribution in [0.1, 0.15) is 24.2 Å². The zero-order chi connectivity index (χ0) is 8.97. The Hall–Kier alpha value is -0.760. The Bertz CT molecular complexity index is 218. The number of aromatic nitrogens is 1. The molecule has 0 aliphatic carbocycles. The van der Waals surface area contributed by atoms with Crippen molar-refractivity contribution in [2.75, 3.05) is 6.54 Å². The van der Waals surface area contributed by atoms with Gasteiger partial charge in [-0.3, -0.25) is 0 Å². The lowest BCUT2D eigenvalue weighted by Crippen LogP contribution is -2.05.